The summed E-state index contributed by atoms with van der Waals surface area (Å²) in [5, 5.41) is 34.1. The third-order valence-electron chi connectivity index (χ3n) is 12.9. The molecule has 0 aromatic rings. The number of esters is 1. The van der Waals surface area contributed by atoms with E-state index in [0.29, 0.717) is 56.9 Å². The topological polar surface area (TPSA) is 178 Å². The average molecular weight is 793 g/mol. The molecule has 4 rings (SSSR count). The van der Waals surface area contributed by atoms with Gasteiger partial charge in [-0.05, 0) is 95.5 Å². The van der Waals surface area contributed by atoms with E-state index in [1.54, 1.807) is 21.0 Å². The predicted molar refractivity (Wildman–Crippen MR) is 208 cm³/mol. The summed E-state index contributed by atoms with van der Waals surface area (Å²) < 4.78 is 29.7. The summed E-state index contributed by atoms with van der Waals surface area (Å²) in [5.41, 5.74) is 1.66. The van der Waals surface area contributed by atoms with Gasteiger partial charge in [-0.2, -0.15) is 0 Å². The molecule has 0 aromatic carbocycles. The zero-order chi connectivity index (χ0) is 41.5. The van der Waals surface area contributed by atoms with Gasteiger partial charge in [-0.25, -0.2) is 4.79 Å². The third-order valence-corrected chi connectivity index (χ3v) is 12.9. The van der Waals surface area contributed by atoms with Gasteiger partial charge in [0.2, 0.25) is 5.79 Å². The lowest BCUT2D eigenvalue weighted by Gasteiger charge is -2.47. The molecule has 0 spiro atoms. The highest BCUT2D eigenvalue weighted by molar-refractivity contribution is 6.39. The first kappa shape index (κ1) is 46.2. The van der Waals surface area contributed by atoms with Crippen LogP contribution in [-0.4, -0.2) is 126 Å². The number of allylic oxidation sites excluding steroid dienone is 3. The molecule has 0 aromatic heterocycles. The van der Waals surface area contributed by atoms with Crippen molar-refractivity contribution in [2.45, 2.75) is 167 Å². The number of aliphatic hydroxyl groups excluding tert-OH is 2. The number of carbonyl (C=O) groups excluding carboxylic acids is 4. The molecule has 2 bridgehead atoms. The van der Waals surface area contributed by atoms with Crippen molar-refractivity contribution in [3.05, 3.63) is 23.3 Å². The smallest absolute Gasteiger partial charge is 0.329 e. The Kier molecular flexibility index (Phi) is 16.9. The van der Waals surface area contributed by atoms with E-state index in [1.807, 2.05) is 32.9 Å². The summed E-state index contributed by atoms with van der Waals surface area (Å²) in [4.78, 5) is 57.6. The van der Waals surface area contributed by atoms with E-state index in [2.05, 4.69) is 6.92 Å². The molecule has 3 fully saturated rings. The highest BCUT2D eigenvalue weighted by Gasteiger charge is 2.56. The Morgan fingerprint density at radius 1 is 0.911 bits per heavy atom. The fourth-order valence-electron chi connectivity index (χ4n) is 9.39. The molecule has 1 saturated carbocycles. The number of piperidine rings is 1. The largest absolute Gasteiger partial charge is 0.456 e. The van der Waals surface area contributed by atoms with Crippen molar-refractivity contribution < 1.29 is 58.2 Å². The van der Waals surface area contributed by atoms with Gasteiger partial charge in [0, 0.05) is 52.0 Å². The molecule has 318 valence electrons. The number of hydrogen-bond acceptors (Lipinski definition) is 12. The van der Waals surface area contributed by atoms with Crippen LogP contribution in [0.25, 0.3) is 0 Å². The molecule has 0 unspecified atom stereocenters. The van der Waals surface area contributed by atoms with Crippen molar-refractivity contribution in [1.29, 1.82) is 0 Å². The van der Waals surface area contributed by atoms with Crippen molar-refractivity contribution in [3.8, 4) is 0 Å². The van der Waals surface area contributed by atoms with E-state index in [9.17, 15) is 34.5 Å². The minimum absolute atomic E-state index is 0.000914. The first-order valence-electron chi connectivity index (χ1n) is 20.8. The Balaban J connectivity index is 1.76. The molecule has 13 heteroatoms. The SMILES string of the molecule is CC[C@@H]1/C=C(\C)C[C@H](C)C[C@H](OC)[C@H]2O[C@@](O)(C(=O)C(=O)N3CCCC[C@H]3C(=O)O[C@H](/C(C)=C/[C@@H]3CC[C@@H](O)[C@H](OC)C3)[C@H](C)[C@@H](O)CC1=O)[C@H](C)C[C@@H]2O[13CH3]. The predicted octanol–water partition coefficient (Wildman–Crippen LogP) is 4.47. The Bertz CT molecular complexity index is 1430. The first-order chi connectivity index (χ1) is 26.5. The maximum Gasteiger partial charge on any atom is 0.329 e. The zero-order valence-electron chi connectivity index (χ0n) is 35.1. The van der Waals surface area contributed by atoms with E-state index in [4.69, 9.17) is 23.7 Å². The molecule has 4 aliphatic rings. The summed E-state index contributed by atoms with van der Waals surface area (Å²) in [6.07, 6.45) is 3.72. The van der Waals surface area contributed by atoms with Gasteiger partial charge in [0.05, 0.1) is 30.5 Å². The second-order valence-electron chi connectivity index (χ2n) is 17.2. The monoisotopic (exact) mass is 792 g/mol. The maximum atomic E-state index is 14.3. The van der Waals surface area contributed by atoms with E-state index < -0.39 is 83.9 Å². The number of cyclic esters (lactones) is 1. The Morgan fingerprint density at radius 2 is 1.57 bits per heavy atom. The van der Waals surface area contributed by atoms with Gasteiger partial charge < -0.3 is 43.9 Å². The van der Waals surface area contributed by atoms with Gasteiger partial charge in [0.25, 0.3) is 11.7 Å². The highest BCUT2D eigenvalue weighted by atomic mass is 16.7. The van der Waals surface area contributed by atoms with Crippen LogP contribution in [0.4, 0.5) is 0 Å². The average Bonchev–Trinajstić information content (AvgIpc) is 3.18. The lowest BCUT2D eigenvalue weighted by atomic mass is 9.81. The summed E-state index contributed by atoms with van der Waals surface area (Å²) in [6, 6.07) is -1.13. The molecule has 0 radical (unpaired) electrons. The minimum atomic E-state index is -2.50. The molecule has 1 aliphatic carbocycles. The first-order valence-corrected chi connectivity index (χ1v) is 20.8. The number of Topliss-reactive ketones (excluding diaryl/α,β-unsaturated/α-hetero) is 2. The lowest BCUT2D eigenvalue weighted by molar-refractivity contribution is -0.302. The molecular formula is C43H69NO12. The molecule has 2 saturated heterocycles. The number of rotatable bonds is 6. The number of ether oxygens (including phenoxy) is 5. The normalized spacial score (nSPS) is 41.6. The maximum absolute atomic E-state index is 14.3. The van der Waals surface area contributed by atoms with Crippen molar-refractivity contribution >= 4 is 23.4 Å². The van der Waals surface area contributed by atoms with Gasteiger partial charge in [-0.1, -0.05) is 45.4 Å². The molecule has 13 nitrogen and oxygen atoms in total. The van der Waals surface area contributed by atoms with Crippen LogP contribution in [-0.2, 0) is 42.9 Å². The van der Waals surface area contributed by atoms with Crippen LogP contribution in [0.5, 0.6) is 0 Å². The summed E-state index contributed by atoms with van der Waals surface area (Å²) in [7, 11) is 4.63. The molecule has 56 heavy (non-hydrogen) atoms. The van der Waals surface area contributed by atoms with Gasteiger partial charge in [-0.3, -0.25) is 14.4 Å². The van der Waals surface area contributed by atoms with Crippen LogP contribution in [0.15, 0.2) is 23.3 Å². The number of hydrogen-bond donors (Lipinski definition) is 3. The Labute approximate surface area is 333 Å². The number of carbonyl (C=O) groups is 4. The summed E-state index contributed by atoms with van der Waals surface area (Å²) in [6.45, 7) is 11.3. The van der Waals surface area contributed by atoms with Gasteiger partial charge in [0.15, 0.2) is 0 Å². The second-order valence-corrected chi connectivity index (χ2v) is 17.2. The molecule has 3 aliphatic heterocycles. The third kappa shape index (κ3) is 10.7. The standard InChI is InChI=1S/C43H69NO12/c1-10-30-18-24(2)17-25(3)19-36(53-8)39-37(54-9)21-27(5)43(51,56-39)40(48)41(49)44-16-12-11-13-31(44)42(50)55-38(28(6)33(46)23-34(30)47)26(4)20-29-14-15-32(45)35(22-29)52-7/h18,20,25,27-33,35-39,45-46,51H,10-17,19,21-23H2,1-9H3/b24-18+,26-20+/t25-,27+,28+,29-,30+,31-,32+,33-,35+,36-,37-,38+,39+,43+/m0/s1/i9+1. The summed E-state index contributed by atoms with van der Waals surface area (Å²) in [5.74, 6) is -7.50. The summed E-state index contributed by atoms with van der Waals surface area (Å²) >= 11 is 0. The number of fused-ring (bicyclic) bond motifs is 3. The Hall–Kier alpha value is -2.52. The Morgan fingerprint density at radius 3 is 2.21 bits per heavy atom. The van der Waals surface area contributed by atoms with Crippen LogP contribution < -0.4 is 0 Å². The van der Waals surface area contributed by atoms with E-state index in [1.165, 1.54) is 19.1 Å². The lowest BCUT2D eigenvalue weighted by Crippen LogP contribution is -2.64. The fourth-order valence-corrected chi connectivity index (χ4v) is 9.39. The van der Waals surface area contributed by atoms with Gasteiger partial charge >= 0.3 is 5.97 Å². The number of aliphatic hydroxyl groups is 3. The van der Waals surface area contributed by atoms with Crippen molar-refractivity contribution in [2.75, 3.05) is 27.9 Å². The number of ketones is 2. The van der Waals surface area contributed by atoms with Crippen LogP contribution >= 0.6 is 0 Å². The van der Waals surface area contributed by atoms with E-state index in [0.717, 1.165) is 5.57 Å². The number of methoxy groups -OCH3 is 3. The van der Waals surface area contributed by atoms with Crippen LogP contribution in [0.2, 0.25) is 0 Å². The number of amides is 1. The molecule has 3 heterocycles. The van der Waals surface area contributed by atoms with E-state index >= 15 is 0 Å². The highest BCUT2D eigenvalue weighted by Crippen LogP contribution is 2.39. The number of nitrogens with zero attached hydrogens (tertiary/aromatic N) is 1. The van der Waals surface area contributed by atoms with Crippen molar-refractivity contribution in [3.63, 3.8) is 0 Å². The quantitative estimate of drug-likeness (QED) is 0.149. The van der Waals surface area contributed by atoms with Crippen LogP contribution in [0.1, 0.15) is 112 Å². The molecular weight excluding hydrogens is 723 g/mol. The fraction of sp³-hybridized carbons (Fsp3) is 0.814. The molecule has 1 amide bonds. The van der Waals surface area contributed by atoms with Crippen molar-refractivity contribution in [2.24, 2.45) is 29.6 Å². The zero-order valence-corrected chi connectivity index (χ0v) is 35.1. The van der Waals surface area contributed by atoms with Gasteiger partial charge in [0.1, 0.15) is 24.0 Å². The second kappa shape index (κ2) is 20.4. The van der Waals surface area contributed by atoms with E-state index in [-0.39, 0.29) is 49.5 Å². The molecule has 14 atom stereocenters. The van der Waals surface area contributed by atoms with Crippen molar-refractivity contribution in [1.82, 2.24) is 4.90 Å². The molecule has 3 N–H and O–H groups in total. The van der Waals surface area contributed by atoms with Gasteiger partial charge in [-0.15, -0.1) is 0 Å². The van der Waals surface area contributed by atoms with Crippen LogP contribution in [0.3, 0.4) is 0 Å². The van der Waals surface area contributed by atoms with Crippen LogP contribution in [0, 0.1) is 29.6 Å². The minimum Gasteiger partial charge on any atom is -0.456 e.